The Morgan fingerprint density at radius 3 is 1.83 bits per heavy atom. The molecule has 1 fully saturated rings. The first-order chi connectivity index (χ1) is 23.1. The predicted octanol–water partition coefficient (Wildman–Crippen LogP) is 9.03. The normalized spacial score (nSPS) is 21.5. The van der Waals surface area contributed by atoms with Crippen LogP contribution in [0.15, 0.2) is 133 Å². The zero-order valence-corrected chi connectivity index (χ0v) is 27.2. The molecule has 0 unspecified atom stereocenters. The van der Waals surface area contributed by atoms with Crippen molar-refractivity contribution >= 4 is 7.82 Å². The second-order valence-electron chi connectivity index (χ2n) is 11.6. The van der Waals surface area contributed by atoms with E-state index < -0.39 is 7.82 Å². The van der Waals surface area contributed by atoms with Gasteiger partial charge < -0.3 is 32.5 Å². The third-order valence-corrected chi connectivity index (χ3v) is 9.28. The van der Waals surface area contributed by atoms with Crippen molar-refractivity contribution in [2.45, 2.75) is 69.7 Å². The fraction of sp³-hybridized carbons (Fsp3) is 0.316. The first-order valence-electron chi connectivity index (χ1n) is 16.2. The smallest absolute Gasteiger partial charge is 0.459 e. The molecule has 6 rings (SSSR count). The lowest BCUT2D eigenvalue weighted by molar-refractivity contribution is -0.175. The van der Waals surface area contributed by atoms with Gasteiger partial charge in [0.1, 0.15) is 23.7 Å². The van der Waals surface area contributed by atoms with E-state index >= 15 is 0 Å². The number of ether oxygens (including phenoxy) is 4. The number of rotatable bonds is 13. The minimum atomic E-state index is -4.20. The highest BCUT2D eigenvalue weighted by Gasteiger charge is 2.39. The van der Waals surface area contributed by atoms with Gasteiger partial charge in [-0.05, 0) is 73.6 Å². The van der Waals surface area contributed by atoms with Gasteiger partial charge in [-0.2, -0.15) is 4.57 Å². The average molecular weight is 657 g/mol. The Labute approximate surface area is 276 Å². The Bertz CT molecular complexity index is 1520. The highest BCUT2D eigenvalue weighted by molar-refractivity contribution is 7.49. The summed E-state index contributed by atoms with van der Waals surface area (Å²) >= 11 is 0. The number of fused-ring (bicyclic) bond motifs is 1. The molecule has 4 aromatic rings. The summed E-state index contributed by atoms with van der Waals surface area (Å²) in [6.07, 6.45) is 4.31. The molecule has 0 bridgehead atoms. The van der Waals surface area contributed by atoms with Gasteiger partial charge in [0.25, 0.3) is 5.95 Å². The number of hydrogen-bond donors (Lipinski definition) is 0. The van der Waals surface area contributed by atoms with E-state index in [-0.39, 0.29) is 30.4 Å². The topological polar surface area (TPSA) is 81.7 Å². The van der Waals surface area contributed by atoms with Gasteiger partial charge in [0, 0.05) is 0 Å². The van der Waals surface area contributed by atoms with Crippen LogP contribution in [0.1, 0.15) is 43.2 Å². The molecule has 0 spiro atoms. The molecule has 4 aromatic carbocycles. The largest absolute Gasteiger partial charge is 0.649 e. The van der Waals surface area contributed by atoms with Gasteiger partial charge in [0.2, 0.25) is 0 Å². The first kappa shape index (κ1) is 32.9. The van der Waals surface area contributed by atoms with Crippen LogP contribution in [-0.4, -0.2) is 31.0 Å². The number of phosphoric acid groups is 1. The SMILES string of the molecule is O=P(OC1=CCC[C@@H]2O[C@H](COCc3ccccc3)[C@@H](OCc3ccccc3)CCC[C@H]2O1)(Oc1ccccc1)Oc1ccccc1. The van der Waals surface area contributed by atoms with Gasteiger partial charge in [-0.1, -0.05) is 97.1 Å². The van der Waals surface area contributed by atoms with Crippen molar-refractivity contribution in [1.82, 2.24) is 0 Å². The lowest BCUT2D eigenvalue weighted by Gasteiger charge is -2.36. The molecule has 0 aromatic heterocycles. The Hall–Kier alpha value is -4.07. The van der Waals surface area contributed by atoms with E-state index in [9.17, 15) is 4.57 Å². The molecule has 8 nitrogen and oxygen atoms in total. The van der Waals surface area contributed by atoms with E-state index in [2.05, 4.69) is 12.1 Å². The van der Waals surface area contributed by atoms with E-state index in [0.717, 1.165) is 24.0 Å². The number of para-hydroxylation sites is 2. The molecule has 0 radical (unpaired) electrons. The summed E-state index contributed by atoms with van der Waals surface area (Å²) in [5, 5.41) is 0. The zero-order valence-electron chi connectivity index (χ0n) is 26.3. The molecule has 0 saturated carbocycles. The highest BCUT2D eigenvalue weighted by atomic mass is 31.2. The second kappa shape index (κ2) is 16.7. The van der Waals surface area contributed by atoms with Gasteiger partial charge in [-0.3, -0.25) is 0 Å². The van der Waals surface area contributed by atoms with Crippen molar-refractivity contribution in [3.8, 4) is 11.5 Å². The van der Waals surface area contributed by atoms with Gasteiger partial charge in [-0.25, -0.2) is 0 Å². The fourth-order valence-corrected chi connectivity index (χ4v) is 6.88. The summed E-state index contributed by atoms with van der Waals surface area (Å²) in [7, 11) is -4.20. The van der Waals surface area contributed by atoms with Crippen molar-refractivity contribution in [3.63, 3.8) is 0 Å². The summed E-state index contributed by atoms with van der Waals surface area (Å²) < 4.78 is 57.6. The Balaban J connectivity index is 1.15. The van der Waals surface area contributed by atoms with E-state index in [0.29, 0.717) is 50.6 Å². The molecular weight excluding hydrogens is 615 g/mol. The van der Waals surface area contributed by atoms with Gasteiger partial charge in [0.15, 0.2) is 0 Å². The molecule has 47 heavy (non-hydrogen) atoms. The van der Waals surface area contributed by atoms with Crippen molar-refractivity contribution in [2.24, 2.45) is 0 Å². The minimum absolute atomic E-state index is 0.102. The van der Waals surface area contributed by atoms with Crippen LogP contribution in [0.3, 0.4) is 0 Å². The number of allylic oxidation sites excluding steroid dienone is 1. The Morgan fingerprint density at radius 1 is 0.638 bits per heavy atom. The minimum Gasteiger partial charge on any atom is -0.459 e. The quantitative estimate of drug-likeness (QED) is 0.132. The number of hydrogen-bond acceptors (Lipinski definition) is 8. The molecular formula is C38H41O8P. The van der Waals surface area contributed by atoms with Crippen LogP contribution in [0, 0.1) is 0 Å². The summed E-state index contributed by atoms with van der Waals surface area (Å²) in [5.74, 6) is 0.812. The predicted molar refractivity (Wildman–Crippen MR) is 179 cm³/mol. The van der Waals surface area contributed by atoms with Crippen LogP contribution in [0.2, 0.25) is 0 Å². The van der Waals surface area contributed by atoms with Gasteiger partial charge in [0.05, 0.1) is 32.0 Å². The Kier molecular flexibility index (Phi) is 11.6. The second-order valence-corrected chi connectivity index (χ2v) is 13.0. The van der Waals surface area contributed by atoms with Crippen LogP contribution < -0.4 is 9.05 Å². The third kappa shape index (κ3) is 9.96. The zero-order chi connectivity index (χ0) is 32.2. The first-order valence-corrected chi connectivity index (χ1v) is 17.7. The lowest BCUT2D eigenvalue weighted by atomic mass is 9.97. The summed E-state index contributed by atoms with van der Waals surface area (Å²) in [5.41, 5.74) is 2.21. The van der Waals surface area contributed by atoms with Crippen molar-refractivity contribution in [3.05, 3.63) is 144 Å². The molecule has 0 N–H and O–H groups in total. The van der Waals surface area contributed by atoms with E-state index in [4.69, 9.17) is 32.5 Å². The molecule has 2 heterocycles. The summed E-state index contributed by atoms with van der Waals surface area (Å²) in [6.45, 7) is 1.35. The van der Waals surface area contributed by atoms with Crippen molar-refractivity contribution in [1.29, 1.82) is 0 Å². The maximum absolute atomic E-state index is 14.1. The monoisotopic (exact) mass is 656 g/mol. The number of phosphoric ester groups is 1. The molecule has 0 aliphatic carbocycles. The molecule has 2 aliphatic heterocycles. The summed E-state index contributed by atoms with van der Waals surface area (Å²) in [4.78, 5) is 0. The number of benzene rings is 4. The third-order valence-electron chi connectivity index (χ3n) is 8.01. The molecule has 2 aliphatic rings. The van der Waals surface area contributed by atoms with Crippen LogP contribution >= 0.6 is 7.82 Å². The van der Waals surface area contributed by atoms with Crippen LogP contribution in [0.5, 0.6) is 11.5 Å². The molecule has 0 amide bonds. The molecule has 1 saturated heterocycles. The van der Waals surface area contributed by atoms with E-state index in [1.165, 1.54) is 0 Å². The maximum Gasteiger partial charge on any atom is 0.649 e. The van der Waals surface area contributed by atoms with Crippen molar-refractivity contribution < 1.29 is 37.1 Å². The van der Waals surface area contributed by atoms with Gasteiger partial charge >= 0.3 is 7.82 Å². The van der Waals surface area contributed by atoms with Crippen LogP contribution in [0.4, 0.5) is 0 Å². The molecule has 9 heteroatoms. The fourth-order valence-electron chi connectivity index (χ4n) is 5.67. The Morgan fingerprint density at radius 2 is 1.21 bits per heavy atom. The maximum atomic E-state index is 14.1. The van der Waals surface area contributed by atoms with Gasteiger partial charge in [-0.15, -0.1) is 0 Å². The summed E-state index contributed by atoms with van der Waals surface area (Å²) in [6, 6.07) is 37.9. The molecule has 4 atom stereocenters. The molecule has 246 valence electrons. The average Bonchev–Trinajstić information content (AvgIpc) is 3.27. The van der Waals surface area contributed by atoms with Crippen LogP contribution in [0.25, 0.3) is 0 Å². The van der Waals surface area contributed by atoms with E-state index in [1.54, 1.807) is 54.6 Å². The van der Waals surface area contributed by atoms with Crippen LogP contribution in [-0.2, 0) is 41.3 Å². The lowest BCUT2D eigenvalue weighted by Crippen LogP contribution is -2.44. The van der Waals surface area contributed by atoms with E-state index in [1.807, 2.05) is 60.7 Å². The standard InChI is InChI=1S/C38H41O8P/c39-47(44-32-19-9-3-10-20-32,45-33-21-11-4-12-22-33)46-38-26-14-25-35-36(43-38)24-13-23-34(41-28-31-17-7-2-8-18-31)37(42-35)29-40-27-30-15-5-1-6-16-30/h1-12,15-22,26,34-37H,13-14,23-25,27-29H2/t34-,35-,36+,37+/m0/s1. The van der Waals surface area contributed by atoms with Crippen molar-refractivity contribution in [2.75, 3.05) is 6.61 Å². The highest BCUT2D eigenvalue weighted by Crippen LogP contribution is 2.52.